The van der Waals surface area contributed by atoms with Gasteiger partial charge in [0, 0.05) is 23.5 Å². The second-order valence-corrected chi connectivity index (χ2v) is 6.65. The summed E-state index contributed by atoms with van der Waals surface area (Å²) in [5.41, 5.74) is 1.41. The summed E-state index contributed by atoms with van der Waals surface area (Å²) < 4.78 is 23.3. The molecule has 0 unspecified atom stereocenters. The quantitative estimate of drug-likeness (QED) is 0.500. The Hall–Kier alpha value is -4.15. The molecule has 0 N–H and O–H groups in total. The number of nitrogens with zero attached hydrogens (tertiary/aromatic N) is 8. The fourth-order valence-corrected chi connectivity index (χ4v) is 3.28. The van der Waals surface area contributed by atoms with Gasteiger partial charge in [-0.15, -0.1) is 5.10 Å². The third kappa shape index (κ3) is 3.36. The summed E-state index contributed by atoms with van der Waals surface area (Å²) in [4.78, 5) is 21.8. The highest BCUT2D eigenvalue weighted by Crippen LogP contribution is 2.29. The lowest BCUT2D eigenvalue weighted by molar-refractivity contribution is 0.129. The molecule has 0 aliphatic carbocycles. The van der Waals surface area contributed by atoms with Gasteiger partial charge in [-0.1, -0.05) is 5.21 Å². The molecule has 0 spiro atoms. The smallest absolute Gasteiger partial charge is 0.414 e. The molecule has 0 radical (unpaired) electrons. The highest BCUT2D eigenvalue weighted by atomic mass is 19.1. The molecule has 1 aliphatic rings. The maximum atomic E-state index is 14.8. The Morgan fingerprint density at radius 3 is 2.87 bits per heavy atom. The molecule has 3 aromatic heterocycles. The van der Waals surface area contributed by atoms with E-state index in [0.29, 0.717) is 35.7 Å². The van der Waals surface area contributed by atoms with Crippen LogP contribution >= 0.6 is 0 Å². The fourth-order valence-electron chi connectivity index (χ4n) is 3.28. The Kier molecular flexibility index (Phi) is 4.39. The molecule has 0 bridgehead atoms. The molecule has 10 nitrogen and oxygen atoms in total. The topological polar surface area (TPSA) is 104 Å². The normalized spacial score (nSPS) is 16.1. The maximum absolute atomic E-state index is 14.8. The van der Waals surface area contributed by atoms with E-state index in [9.17, 15) is 9.18 Å². The van der Waals surface area contributed by atoms with Gasteiger partial charge in [-0.25, -0.2) is 28.5 Å². The SMILES string of the molecule is O=C1O[C@@H](Cn2ccnn2)CN1c1ccc(-c2ccc(-n3cncn3)nc2)c(F)c1. The van der Waals surface area contributed by atoms with Crippen LogP contribution in [0.25, 0.3) is 16.9 Å². The first kappa shape index (κ1) is 17.9. The Labute approximate surface area is 169 Å². The average molecular weight is 406 g/mol. The maximum Gasteiger partial charge on any atom is 0.414 e. The zero-order valence-corrected chi connectivity index (χ0v) is 15.5. The summed E-state index contributed by atoms with van der Waals surface area (Å²) >= 11 is 0. The van der Waals surface area contributed by atoms with Crippen molar-refractivity contribution in [2.45, 2.75) is 12.6 Å². The molecule has 11 heteroatoms. The number of hydrogen-bond donors (Lipinski definition) is 0. The van der Waals surface area contributed by atoms with E-state index < -0.39 is 18.0 Å². The van der Waals surface area contributed by atoms with Gasteiger partial charge in [-0.3, -0.25) is 4.90 Å². The predicted octanol–water partition coefficient (Wildman–Crippen LogP) is 2.09. The highest BCUT2D eigenvalue weighted by Gasteiger charge is 2.33. The summed E-state index contributed by atoms with van der Waals surface area (Å²) in [5.74, 6) is 0.113. The van der Waals surface area contributed by atoms with Gasteiger partial charge in [0.15, 0.2) is 5.82 Å². The number of carbonyl (C=O) groups is 1. The second-order valence-electron chi connectivity index (χ2n) is 6.65. The lowest BCUT2D eigenvalue weighted by Crippen LogP contribution is -2.26. The van der Waals surface area contributed by atoms with Crippen LogP contribution in [0.4, 0.5) is 14.9 Å². The fraction of sp³-hybridized carbons (Fsp3) is 0.158. The van der Waals surface area contributed by atoms with Gasteiger partial charge in [0.25, 0.3) is 0 Å². The first-order chi connectivity index (χ1) is 14.7. The first-order valence-electron chi connectivity index (χ1n) is 9.10. The van der Waals surface area contributed by atoms with Gasteiger partial charge in [-0.2, -0.15) is 5.10 Å². The van der Waals surface area contributed by atoms with E-state index in [-0.39, 0.29) is 0 Å². The largest absolute Gasteiger partial charge is 0.442 e. The third-order valence-corrected chi connectivity index (χ3v) is 4.71. The summed E-state index contributed by atoms with van der Waals surface area (Å²) in [6.07, 6.45) is 6.83. The van der Waals surface area contributed by atoms with Crippen molar-refractivity contribution in [3.05, 3.63) is 67.4 Å². The van der Waals surface area contributed by atoms with E-state index in [1.807, 2.05) is 0 Å². The number of halogens is 1. The van der Waals surface area contributed by atoms with Crippen LogP contribution in [0.1, 0.15) is 0 Å². The van der Waals surface area contributed by atoms with Gasteiger partial charge >= 0.3 is 6.09 Å². The summed E-state index contributed by atoms with van der Waals surface area (Å²) in [5, 5.41) is 11.6. The summed E-state index contributed by atoms with van der Waals surface area (Å²) in [7, 11) is 0. The van der Waals surface area contributed by atoms with E-state index in [0.717, 1.165) is 0 Å². The van der Waals surface area contributed by atoms with Crippen LogP contribution in [0, 0.1) is 5.82 Å². The number of rotatable bonds is 5. The second kappa shape index (κ2) is 7.35. The number of cyclic esters (lactones) is 1. The van der Waals surface area contributed by atoms with E-state index in [1.54, 1.807) is 47.5 Å². The van der Waals surface area contributed by atoms with Crippen LogP contribution in [0.5, 0.6) is 0 Å². The number of aromatic nitrogens is 7. The van der Waals surface area contributed by atoms with Crippen molar-refractivity contribution in [1.29, 1.82) is 0 Å². The molecule has 30 heavy (non-hydrogen) atoms. The van der Waals surface area contributed by atoms with Crippen LogP contribution in [0.2, 0.25) is 0 Å². The molecule has 1 aliphatic heterocycles. The number of hydrogen-bond acceptors (Lipinski definition) is 7. The number of ether oxygens (including phenoxy) is 1. The summed E-state index contributed by atoms with van der Waals surface area (Å²) in [6.45, 7) is 0.679. The average Bonchev–Trinajstić information content (AvgIpc) is 3.51. The van der Waals surface area contributed by atoms with Crippen molar-refractivity contribution in [1.82, 2.24) is 34.7 Å². The standard InChI is InChI=1S/C19H15FN8O2/c20-17-7-14(27-10-15(30-19(27)29)9-26-6-5-23-25-26)2-3-16(17)13-1-4-18(22-8-13)28-12-21-11-24-28/h1-8,11-12,15H,9-10H2/t15-/m0/s1. The van der Waals surface area contributed by atoms with E-state index >= 15 is 0 Å². The molecule has 1 fully saturated rings. The minimum atomic E-state index is -0.522. The molecule has 1 atom stereocenters. The zero-order valence-electron chi connectivity index (χ0n) is 15.5. The number of anilines is 1. The third-order valence-electron chi connectivity index (χ3n) is 4.71. The van der Waals surface area contributed by atoms with Gasteiger partial charge in [0.05, 0.1) is 25.0 Å². The minimum Gasteiger partial charge on any atom is -0.442 e. The van der Waals surface area contributed by atoms with Crippen LogP contribution < -0.4 is 4.90 Å². The lowest BCUT2D eigenvalue weighted by Gasteiger charge is -2.14. The van der Waals surface area contributed by atoms with Crippen molar-refractivity contribution in [3.63, 3.8) is 0 Å². The Morgan fingerprint density at radius 2 is 2.17 bits per heavy atom. The summed E-state index contributed by atoms with van der Waals surface area (Å²) in [6, 6.07) is 8.10. The molecule has 4 aromatic rings. The Bertz CT molecular complexity index is 1160. The number of pyridine rings is 1. The molecule has 1 saturated heterocycles. The van der Waals surface area contributed by atoms with Gasteiger partial charge in [0.2, 0.25) is 0 Å². The van der Waals surface area contributed by atoms with Crippen molar-refractivity contribution in [2.75, 3.05) is 11.4 Å². The van der Waals surface area contributed by atoms with Gasteiger partial charge < -0.3 is 4.74 Å². The van der Waals surface area contributed by atoms with Crippen LogP contribution in [-0.4, -0.2) is 53.5 Å². The molecule has 5 rings (SSSR count). The molecule has 1 aromatic carbocycles. The van der Waals surface area contributed by atoms with Crippen molar-refractivity contribution in [3.8, 4) is 16.9 Å². The molecular weight excluding hydrogens is 391 g/mol. The molecule has 4 heterocycles. The zero-order chi connectivity index (χ0) is 20.5. The van der Waals surface area contributed by atoms with Gasteiger partial charge in [-0.05, 0) is 30.3 Å². The van der Waals surface area contributed by atoms with E-state index in [2.05, 4.69) is 25.4 Å². The van der Waals surface area contributed by atoms with Crippen LogP contribution in [0.15, 0.2) is 61.6 Å². The van der Waals surface area contributed by atoms with Crippen molar-refractivity contribution in [2.24, 2.45) is 0 Å². The number of carbonyl (C=O) groups excluding carboxylic acids is 1. The Morgan fingerprint density at radius 1 is 1.23 bits per heavy atom. The van der Waals surface area contributed by atoms with E-state index in [1.165, 1.54) is 28.3 Å². The van der Waals surface area contributed by atoms with Crippen LogP contribution in [0.3, 0.4) is 0 Å². The van der Waals surface area contributed by atoms with Gasteiger partial charge in [0.1, 0.15) is 24.6 Å². The molecule has 150 valence electrons. The number of benzene rings is 1. The lowest BCUT2D eigenvalue weighted by atomic mass is 10.1. The number of amides is 1. The Balaban J connectivity index is 1.34. The van der Waals surface area contributed by atoms with Crippen molar-refractivity contribution < 1.29 is 13.9 Å². The van der Waals surface area contributed by atoms with Crippen molar-refractivity contribution >= 4 is 11.8 Å². The molecule has 0 saturated carbocycles. The van der Waals surface area contributed by atoms with Crippen LogP contribution in [-0.2, 0) is 11.3 Å². The van der Waals surface area contributed by atoms with E-state index in [4.69, 9.17) is 4.74 Å². The predicted molar refractivity (Wildman–Crippen MR) is 102 cm³/mol. The first-order valence-corrected chi connectivity index (χ1v) is 9.10. The minimum absolute atomic E-state index is 0.297. The molecular formula is C19H15FN8O2. The molecule has 1 amide bonds. The highest BCUT2D eigenvalue weighted by molar-refractivity contribution is 5.90. The monoisotopic (exact) mass is 406 g/mol.